The van der Waals surface area contributed by atoms with Crippen molar-refractivity contribution in [3.63, 3.8) is 0 Å². The van der Waals surface area contributed by atoms with Crippen LogP contribution in [0.25, 0.3) is 0 Å². The first-order valence-electron chi connectivity index (χ1n) is 7.66. The van der Waals surface area contributed by atoms with Gasteiger partial charge in [-0.15, -0.1) is 0 Å². The Kier molecular flexibility index (Phi) is 6.52. The van der Waals surface area contributed by atoms with Crippen LogP contribution >= 0.6 is 0 Å². The summed E-state index contributed by atoms with van der Waals surface area (Å²) in [6.07, 6.45) is 0. The molecule has 7 heteroatoms. The molecular formula is C18H18F2O4Sn. The van der Waals surface area contributed by atoms with Crippen LogP contribution in [-0.2, 0) is 24.6 Å². The van der Waals surface area contributed by atoms with Crippen molar-refractivity contribution in [2.45, 2.75) is 22.7 Å². The Morgan fingerprint density at radius 1 is 0.760 bits per heavy atom. The molecule has 0 aromatic heterocycles. The second kappa shape index (κ2) is 8.42. The van der Waals surface area contributed by atoms with Gasteiger partial charge in [-0.05, 0) is 0 Å². The van der Waals surface area contributed by atoms with Crippen molar-refractivity contribution in [3.05, 3.63) is 71.3 Å². The molecule has 0 aliphatic rings. The van der Waals surface area contributed by atoms with Gasteiger partial charge < -0.3 is 0 Å². The Hall–Kier alpha value is -1.96. The van der Waals surface area contributed by atoms with Gasteiger partial charge in [0.25, 0.3) is 0 Å². The summed E-state index contributed by atoms with van der Waals surface area (Å²) in [6, 6.07) is 11.5. The molecule has 0 saturated heterocycles. The molecule has 0 heterocycles. The van der Waals surface area contributed by atoms with E-state index in [0.717, 1.165) is 0 Å². The topological polar surface area (TPSA) is 52.6 Å². The Morgan fingerprint density at radius 2 is 1.08 bits per heavy atom. The predicted molar refractivity (Wildman–Crippen MR) is 89.5 cm³/mol. The fourth-order valence-corrected chi connectivity index (χ4v) is 11.8. The number of halogens is 2. The summed E-state index contributed by atoms with van der Waals surface area (Å²) in [7, 11) is 0. The molecule has 25 heavy (non-hydrogen) atoms. The SMILES string of the molecule is CC(=O)[O][Sn]([CH2]c1ccc(F)cc1)([CH2]c1ccc(F)cc1)[O]C(C)=O. The van der Waals surface area contributed by atoms with E-state index in [-0.39, 0.29) is 20.5 Å². The summed E-state index contributed by atoms with van der Waals surface area (Å²) in [5.74, 6) is -1.85. The van der Waals surface area contributed by atoms with E-state index in [4.69, 9.17) is 6.15 Å². The molecule has 0 atom stereocenters. The maximum absolute atomic E-state index is 13.1. The van der Waals surface area contributed by atoms with Gasteiger partial charge in [0.2, 0.25) is 0 Å². The Morgan fingerprint density at radius 3 is 1.36 bits per heavy atom. The number of benzene rings is 2. The normalized spacial score (nSPS) is 11.0. The molecular weight excluding hydrogens is 437 g/mol. The van der Waals surface area contributed by atoms with Crippen LogP contribution in [0.3, 0.4) is 0 Å². The molecule has 0 aliphatic carbocycles. The zero-order valence-electron chi connectivity index (χ0n) is 13.9. The fourth-order valence-electron chi connectivity index (χ4n) is 2.58. The Bertz CT molecular complexity index is 679. The number of carbonyl (C=O) groups is 2. The van der Waals surface area contributed by atoms with Crippen molar-refractivity contribution >= 4 is 31.1 Å². The third-order valence-electron chi connectivity index (χ3n) is 3.43. The molecule has 0 saturated carbocycles. The van der Waals surface area contributed by atoms with Gasteiger partial charge in [-0.1, -0.05) is 0 Å². The summed E-state index contributed by atoms with van der Waals surface area (Å²) < 4.78 is 37.9. The molecule has 0 bridgehead atoms. The molecule has 2 aromatic carbocycles. The molecule has 2 aromatic rings. The van der Waals surface area contributed by atoms with Crippen LogP contribution in [0.2, 0.25) is 0 Å². The first-order chi connectivity index (χ1) is 11.8. The van der Waals surface area contributed by atoms with E-state index in [1.54, 1.807) is 24.3 Å². The van der Waals surface area contributed by atoms with Crippen LogP contribution in [0.5, 0.6) is 0 Å². The molecule has 0 amide bonds. The maximum atomic E-state index is 13.1. The molecule has 132 valence electrons. The summed E-state index contributed by atoms with van der Waals surface area (Å²) in [6.45, 7) is 2.51. The van der Waals surface area contributed by atoms with Crippen LogP contribution in [0, 0.1) is 11.6 Å². The second-order valence-electron chi connectivity index (χ2n) is 5.70. The molecule has 0 aliphatic heterocycles. The van der Waals surface area contributed by atoms with Crippen molar-refractivity contribution < 1.29 is 24.5 Å². The molecule has 2 rings (SSSR count). The minimum absolute atomic E-state index is 0.242. The molecule has 0 radical (unpaired) electrons. The minimum atomic E-state index is -4.29. The van der Waals surface area contributed by atoms with Gasteiger partial charge in [-0.3, -0.25) is 0 Å². The summed E-state index contributed by atoms with van der Waals surface area (Å²) in [5.41, 5.74) is 1.42. The van der Waals surface area contributed by atoms with Crippen LogP contribution in [-0.4, -0.2) is 31.1 Å². The van der Waals surface area contributed by atoms with Crippen LogP contribution < -0.4 is 0 Å². The molecule has 0 fully saturated rings. The van der Waals surface area contributed by atoms with Crippen molar-refractivity contribution in [1.29, 1.82) is 0 Å². The van der Waals surface area contributed by atoms with Crippen molar-refractivity contribution in [2.75, 3.05) is 0 Å². The molecule has 4 nitrogen and oxygen atoms in total. The third kappa shape index (κ3) is 6.12. The third-order valence-corrected chi connectivity index (χ3v) is 12.6. The second-order valence-corrected chi connectivity index (χ2v) is 14.1. The van der Waals surface area contributed by atoms with Gasteiger partial charge in [-0.25, -0.2) is 0 Å². The first kappa shape index (κ1) is 19.4. The Labute approximate surface area is 149 Å². The van der Waals surface area contributed by atoms with E-state index in [1.165, 1.54) is 38.1 Å². The summed E-state index contributed by atoms with van der Waals surface area (Å²) >= 11 is -4.29. The van der Waals surface area contributed by atoms with E-state index in [2.05, 4.69) is 0 Å². The number of rotatable bonds is 6. The van der Waals surface area contributed by atoms with E-state index < -0.39 is 31.1 Å². The van der Waals surface area contributed by atoms with Crippen LogP contribution in [0.4, 0.5) is 8.78 Å². The zero-order chi connectivity index (χ0) is 18.4. The van der Waals surface area contributed by atoms with Crippen molar-refractivity contribution in [3.8, 4) is 0 Å². The molecule has 0 unspecified atom stereocenters. The van der Waals surface area contributed by atoms with Gasteiger partial charge in [-0.2, -0.15) is 0 Å². The van der Waals surface area contributed by atoms with E-state index in [1.807, 2.05) is 0 Å². The van der Waals surface area contributed by atoms with Gasteiger partial charge >= 0.3 is 150 Å². The van der Waals surface area contributed by atoms with Gasteiger partial charge in [0.05, 0.1) is 0 Å². The standard InChI is InChI=1S/2C7H6F.2C2H4O2.Sn/c2*1-6-2-4-7(8)5-3-6;2*1-2(3)4;/h2*2-5H,1H2;2*1H3,(H,3,4);/q;;;;+2/p-2. The number of hydrogen-bond donors (Lipinski definition) is 0. The first-order valence-corrected chi connectivity index (χ1v) is 14.0. The molecule has 0 spiro atoms. The van der Waals surface area contributed by atoms with E-state index >= 15 is 0 Å². The fraction of sp³-hybridized carbons (Fsp3) is 0.222. The Balaban J connectivity index is 2.38. The van der Waals surface area contributed by atoms with Crippen molar-refractivity contribution in [2.24, 2.45) is 0 Å². The average molecular weight is 455 g/mol. The predicted octanol–water partition coefficient (Wildman–Crippen LogP) is 3.40. The summed E-state index contributed by atoms with van der Waals surface area (Å²) in [5, 5.41) is 0. The van der Waals surface area contributed by atoms with Crippen LogP contribution in [0.1, 0.15) is 25.0 Å². The van der Waals surface area contributed by atoms with E-state index in [9.17, 15) is 18.4 Å². The average Bonchev–Trinajstić information content (AvgIpc) is 2.50. The molecule has 0 N–H and O–H groups in total. The van der Waals surface area contributed by atoms with Gasteiger partial charge in [0.1, 0.15) is 0 Å². The van der Waals surface area contributed by atoms with E-state index in [0.29, 0.717) is 11.1 Å². The monoisotopic (exact) mass is 456 g/mol. The van der Waals surface area contributed by atoms with Gasteiger partial charge in [0.15, 0.2) is 0 Å². The quantitative estimate of drug-likeness (QED) is 0.628. The zero-order valence-corrected chi connectivity index (χ0v) is 16.8. The number of carbonyl (C=O) groups excluding carboxylic acids is 2. The summed E-state index contributed by atoms with van der Waals surface area (Å²) in [4.78, 5) is 23.3. The van der Waals surface area contributed by atoms with Crippen molar-refractivity contribution in [1.82, 2.24) is 0 Å². The van der Waals surface area contributed by atoms with Gasteiger partial charge in [0, 0.05) is 0 Å². The number of hydrogen-bond acceptors (Lipinski definition) is 4. The van der Waals surface area contributed by atoms with Crippen LogP contribution in [0.15, 0.2) is 48.5 Å².